The van der Waals surface area contributed by atoms with Crippen LogP contribution in [-0.4, -0.2) is 17.9 Å². The molecule has 63 heavy (non-hydrogen) atoms. The predicted octanol–water partition coefficient (Wildman–Crippen LogP) is 12.4. The van der Waals surface area contributed by atoms with Gasteiger partial charge in [0.1, 0.15) is 0 Å². The summed E-state index contributed by atoms with van der Waals surface area (Å²) in [6.07, 6.45) is 4.83. The first kappa shape index (κ1) is 46.0. The Labute approximate surface area is 388 Å². The molecule has 1 heterocycles. The van der Waals surface area contributed by atoms with Gasteiger partial charge in [0.15, 0.2) is 0 Å². The van der Waals surface area contributed by atoms with E-state index in [-0.39, 0.29) is 24.8 Å². The fraction of sp³-hybridized carbons (Fsp3) is 0.172. The van der Waals surface area contributed by atoms with Crippen LogP contribution in [0.3, 0.4) is 0 Å². The van der Waals surface area contributed by atoms with Crippen molar-refractivity contribution in [1.29, 1.82) is 0 Å². The van der Waals surface area contributed by atoms with E-state index >= 15 is 0 Å². The van der Waals surface area contributed by atoms with Crippen molar-refractivity contribution < 1.29 is 0 Å². The van der Waals surface area contributed by atoms with Gasteiger partial charge in [0, 0.05) is 0 Å². The molecule has 0 radical (unpaired) electrons. The quantitative estimate of drug-likeness (QED) is 0.0958. The smallest absolute Gasteiger partial charge is 0.147 e. The molecular formula is C58H61Cl2NP2. The van der Waals surface area contributed by atoms with Crippen LogP contribution in [0.2, 0.25) is 0 Å². The molecule has 322 valence electrons. The molecule has 0 aliphatic heterocycles. The maximum atomic E-state index is 2.74. The average Bonchev–Trinajstić information content (AvgIpc) is 3.65. The topological polar surface area (TPSA) is 4.93 Å². The Kier molecular flexibility index (Phi) is 13.6. The van der Waals surface area contributed by atoms with E-state index < -0.39 is 13.2 Å². The minimum atomic E-state index is -3.29. The van der Waals surface area contributed by atoms with Crippen molar-refractivity contribution >= 4 is 102 Å². The van der Waals surface area contributed by atoms with E-state index in [9.17, 15) is 0 Å². The summed E-state index contributed by atoms with van der Waals surface area (Å²) >= 11 is 0. The van der Waals surface area contributed by atoms with E-state index in [1.165, 1.54) is 83.5 Å². The van der Waals surface area contributed by atoms with Gasteiger partial charge in [0.2, 0.25) is 0 Å². The first-order chi connectivity index (χ1) is 29.8. The third-order valence-corrected chi connectivity index (χ3v) is 27.2. The predicted molar refractivity (Wildman–Crippen MR) is 289 cm³/mol. The summed E-state index contributed by atoms with van der Waals surface area (Å²) < 4.78 is 2.74. The van der Waals surface area contributed by atoms with Crippen molar-refractivity contribution in [3.8, 4) is 0 Å². The monoisotopic (exact) mass is 903 g/mol. The van der Waals surface area contributed by atoms with Crippen LogP contribution < -0.4 is 42.4 Å². The molecule has 1 nitrogen and oxygen atoms in total. The summed E-state index contributed by atoms with van der Waals surface area (Å²) in [5, 5.41) is 13.7. The van der Waals surface area contributed by atoms with E-state index in [2.05, 4.69) is 250 Å². The van der Waals surface area contributed by atoms with Crippen molar-refractivity contribution in [2.75, 3.05) is 13.3 Å². The number of benzene rings is 8. The minimum Gasteiger partial charge on any atom is -0.147 e. The summed E-state index contributed by atoms with van der Waals surface area (Å²) in [5.74, 6) is 0.564. The molecule has 0 aliphatic rings. The Bertz CT molecular complexity index is 2510. The van der Waals surface area contributed by atoms with Crippen molar-refractivity contribution in [2.45, 2.75) is 46.1 Å². The van der Waals surface area contributed by atoms with Gasteiger partial charge in [-0.25, -0.2) is 0 Å². The number of hydrogen-bond acceptors (Lipinski definition) is 0. The van der Waals surface area contributed by atoms with Crippen LogP contribution in [0.1, 0.15) is 39.5 Å². The molecule has 5 heteroatoms. The summed E-state index contributed by atoms with van der Waals surface area (Å²) in [6.45, 7) is 4.30. The Balaban J connectivity index is 0.00000298. The molecule has 0 saturated heterocycles. The molecule has 0 amide bonds. The number of halogens is 2. The van der Waals surface area contributed by atoms with Gasteiger partial charge in [-0.3, -0.25) is 0 Å². The Morgan fingerprint density at radius 1 is 0.381 bits per heavy atom. The summed E-state index contributed by atoms with van der Waals surface area (Å²) in [4.78, 5) is 0. The zero-order valence-corrected chi connectivity index (χ0v) is 40.5. The number of hydrogen-bond donors (Lipinski definition) is 0. The molecule has 0 spiro atoms. The number of fused-ring (bicyclic) bond motifs is 3. The Hall–Kier alpha value is -5.00. The Morgan fingerprint density at radius 2 is 0.667 bits per heavy atom. The molecule has 0 N–H and O–H groups in total. The van der Waals surface area contributed by atoms with E-state index in [1.54, 1.807) is 0 Å². The van der Waals surface area contributed by atoms with Gasteiger partial charge in [-0.15, -0.1) is 24.8 Å². The van der Waals surface area contributed by atoms with Crippen LogP contribution in [0, 0.1) is 5.92 Å². The average molecular weight is 905 g/mol. The standard InChI is InChI=1S/C58H59NP2.2ClH/c1-5-7-26-46(6-2)45-59-57-43-53(60(3,47-27-14-8-15-28-47,48-29-16-9-17-30-48)49-31-18-10-19-32-49)39-41-55(57)56-42-40-54(44-58(56)59)61(4,50-33-20-11-21-34-50,51-35-22-12-23-36-51)52-37-24-13-25-38-52;;/h8-25,27-44,46H,5-7,26,45H2,1-4H3;2*1H. The normalized spacial score (nSPS) is 13.5. The maximum Gasteiger partial charge on any atom is -0.147 e. The van der Waals surface area contributed by atoms with Gasteiger partial charge >= 0.3 is 366 Å². The van der Waals surface area contributed by atoms with Gasteiger partial charge < -0.3 is 0 Å². The molecule has 0 bridgehead atoms. The zero-order chi connectivity index (χ0) is 42.0. The summed E-state index contributed by atoms with van der Waals surface area (Å²) in [5.41, 5.74) is 2.66. The molecular weight excluding hydrogens is 843 g/mol. The summed E-state index contributed by atoms with van der Waals surface area (Å²) in [7, 11) is 0. The van der Waals surface area contributed by atoms with Gasteiger partial charge in [-0.05, 0) is 0 Å². The minimum absolute atomic E-state index is 0. The maximum absolute atomic E-state index is 3.29. The van der Waals surface area contributed by atoms with Crippen LogP contribution in [0.15, 0.2) is 218 Å². The van der Waals surface area contributed by atoms with E-state index in [4.69, 9.17) is 0 Å². The second-order valence-corrected chi connectivity index (χ2v) is 28.0. The fourth-order valence-electron chi connectivity index (χ4n) is 10.7. The summed E-state index contributed by atoms with van der Waals surface area (Å²) in [6, 6.07) is 83.3. The van der Waals surface area contributed by atoms with Crippen molar-refractivity contribution in [3.05, 3.63) is 218 Å². The largest absolute Gasteiger partial charge is 0.147 e. The molecule has 9 aromatic rings. The molecule has 0 aliphatic carbocycles. The van der Waals surface area contributed by atoms with Gasteiger partial charge in [0.25, 0.3) is 0 Å². The second kappa shape index (κ2) is 18.6. The third-order valence-electron chi connectivity index (χ3n) is 14.5. The van der Waals surface area contributed by atoms with Crippen LogP contribution in [0.25, 0.3) is 21.8 Å². The molecule has 8 aromatic carbocycles. The van der Waals surface area contributed by atoms with Crippen LogP contribution >= 0.6 is 38.0 Å². The van der Waals surface area contributed by atoms with Crippen molar-refractivity contribution in [1.82, 2.24) is 4.57 Å². The molecule has 1 atom stereocenters. The van der Waals surface area contributed by atoms with Gasteiger partial charge in [-0.2, -0.15) is 0 Å². The number of nitrogens with zero attached hydrogens (tertiary/aromatic N) is 1. The number of unbranched alkanes of at least 4 members (excludes halogenated alkanes) is 1. The first-order valence-electron chi connectivity index (χ1n) is 22.3. The number of aromatic nitrogens is 1. The van der Waals surface area contributed by atoms with Crippen molar-refractivity contribution in [2.24, 2.45) is 5.92 Å². The van der Waals surface area contributed by atoms with Gasteiger partial charge in [-0.1, -0.05) is 0 Å². The van der Waals surface area contributed by atoms with Crippen molar-refractivity contribution in [3.63, 3.8) is 0 Å². The van der Waals surface area contributed by atoms with Crippen LogP contribution in [0.4, 0.5) is 0 Å². The van der Waals surface area contributed by atoms with Crippen LogP contribution in [-0.2, 0) is 6.54 Å². The van der Waals surface area contributed by atoms with E-state index in [1.807, 2.05) is 0 Å². The second-order valence-electron chi connectivity index (χ2n) is 17.6. The first-order valence-corrected chi connectivity index (χ1v) is 27.6. The zero-order valence-electron chi connectivity index (χ0n) is 37.1. The molecule has 1 unspecified atom stereocenters. The number of rotatable bonds is 14. The fourth-order valence-corrected chi connectivity index (χ4v) is 21.6. The molecule has 1 aromatic heterocycles. The van der Waals surface area contributed by atoms with E-state index in [0.29, 0.717) is 5.92 Å². The van der Waals surface area contributed by atoms with Gasteiger partial charge in [0.05, 0.1) is 0 Å². The van der Waals surface area contributed by atoms with Crippen LogP contribution in [0.5, 0.6) is 0 Å². The molecule has 0 fully saturated rings. The molecule has 9 rings (SSSR count). The Morgan fingerprint density at radius 3 is 0.921 bits per heavy atom. The SMILES string of the molecule is CCCCC(CC)Cn1c2cc(P(C)(c3ccccc3)(c3ccccc3)c3ccccc3)ccc2c2ccc(P(C)(c3ccccc3)(c3ccccc3)c3ccccc3)cc21.Cl.Cl. The molecule has 0 saturated carbocycles. The van der Waals surface area contributed by atoms with E-state index in [0.717, 1.165) is 13.0 Å². The third kappa shape index (κ3) is 7.18.